The second kappa shape index (κ2) is 7.57. The van der Waals surface area contributed by atoms with Crippen molar-refractivity contribution in [1.82, 2.24) is 0 Å². The molecule has 3 aliphatic carbocycles. The molecule has 0 radical (unpaired) electrons. The van der Waals surface area contributed by atoms with Crippen LogP contribution < -0.4 is 0 Å². The van der Waals surface area contributed by atoms with Crippen LogP contribution in [0.4, 0.5) is 0 Å². The van der Waals surface area contributed by atoms with Gasteiger partial charge in [0.05, 0.1) is 0 Å². The van der Waals surface area contributed by atoms with E-state index >= 15 is 0 Å². The van der Waals surface area contributed by atoms with Crippen molar-refractivity contribution in [1.29, 1.82) is 0 Å². The van der Waals surface area contributed by atoms with Gasteiger partial charge in [-0.3, -0.25) is 0 Å². The number of benzene rings is 1. The Hall–Kier alpha value is -0.780. The van der Waals surface area contributed by atoms with E-state index in [0.717, 1.165) is 23.7 Å². The second-order valence-corrected chi connectivity index (χ2v) is 11.0. The van der Waals surface area contributed by atoms with Gasteiger partial charge in [0.1, 0.15) is 0 Å². The van der Waals surface area contributed by atoms with Crippen LogP contribution in [0.2, 0.25) is 0 Å². The van der Waals surface area contributed by atoms with Gasteiger partial charge in [-0.05, 0) is 115 Å². The number of fused-ring (bicyclic) bond motifs is 4. The van der Waals surface area contributed by atoms with Gasteiger partial charge in [0.2, 0.25) is 0 Å². The number of aryl methyl sites for hydroxylation is 1. The van der Waals surface area contributed by atoms with E-state index in [4.69, 9.17) is 0 Å². The molecule has 0 nitrogen and oxygen atoms in total. The van der Waals surface area contributed by atoms with E-state index in [1.165, 1.54) is 70.6 Å². The van der Waals surface area contributed by atoms with Gasteiger partial charge in [-0.2, -0.15) is 0 Å². The average Bonchev–Trinajstić information content (AvgIpc) is 2.99. The van der Waals surface area contributed by atoms with E-state index in [1.54, 1.807) is 27.8 Å². The SMILES string of the molecule is Cc1c2c(cc3c1CC[C@]1(C)[C@@H]([C@H](C)CCCC(C)C)CC[C@@H]31)CCCC2. The molecule has 0 amide bonds. The first-order valence-electron chi connectivity index (χ1n) is 12.1. The standard InChI is InChI=1S/C27H42/c1-18(2)9-8-10-19(3)25-13-14-26-24-17-21-11-6-7-12-22(21)20(4)23(24)15-16-27(25,26)5/h17-19,25-26H,6-16H2,1-5H3/t19-,25-,26+,27-/m1/s1. The van der Waals surface area contributed by atoms with Gasteiger partial charge in [0.25, 0.3) is 0 Å². The highest BCUT2D eigenvalue weighted by Gasteiger charge is 2.51. The van der Waals surface area contributed by atoms with Crippen molar-refractivity contribution in [2.24, 2.45) is 23.2 Å². The Labute approximate surface area is 168 Å². The molecule has 4 rings (SSSR count). The summed E-state index contributed by atoms with van der Waals surface area (Å²) in [5.41, 5.74) is 9.26. The smallest absolute Gasteiger partial charge is 0.0102 e. The van der Waals surface area contributed by atoms with Crippen molar-refractivity contribution < 1.29 is 0 Å². The largest absolute Gasteiger partial charge is 0.0628 e. The van der Waals surface area contributed by atoms with Gasteiger partial charge >= 0.3 is 0 Å². The Morgan fingerprint density at radius 3 is 2.56 bits per heavy atom. The predicted octanol–water partition coefficient (Wildman–Crippen LogP) is 7.78. The summed E-state index contributed by atoms with van der Waals surface area (Å²) >= 11 is 0. The van der Waals surface area contributed by atoms with E-state index in [9.17, 15) is 0 Å². The van der Waals surface area contributed by atoms with E-state index in [0.29, 0.717) is 5.41 Å². The highest BCUT2D eigenvalue weighted by atomic mass is 14.5. The Morgan fingerprint density at radius 1 is 1.00 bits per heavy atom. The molecule has 0 spiro atoms. The first-order chi connectivity index (χ1) is 12.9. The fraction of sp³-hybridized carbons (Fsp3) is 0.778. The van der Waals surface area contributed by atoms with Crippen LogP contribution in [-0.4, -0.2) is 0 Å². The van der Waals surface area contributed by atoms with Crippen molar-refractivity contribution in [3.63, 3.8) is 0 Å². The molecular formula is C27H42. The van der Waals surface area contributed by atoms with Gasteiger partial charge in [-0.15, -0.1) is 0 Å². The lowest BCUT2D eigenvalue weighted by molar-refractivity contribution is 0.118. The second-order valence-electron chi connectivity index (χ2n) is 11.0. The fourth-order valence-electron chi connectivity index (χ4n) is 7.35. The molecule has 0 bridgehead atoms. The first kappa shape index (κ1) is 19.5. The zero-order valence-electron chi connectivity index (χ0n) is 18.7. The predicted molar refractivity (Wildman–Crippen MR) is 118 cm³/mol. The van der Waals surface area contributed by atoms with Crippen molar-refractivity contribution in [2.75, 3.05) is 0 Å². The molecule has 1 fully saturated rings. The molecule has 1 saturated carbocycles. The van der Waals surface area contributed by atoms with Crippen LogP contribution in [0.5, 0.6) is 0 Å². The summed E-state index contributed by atoms with van der Waals surface area (Å²) in [5, 5.41) is 0. The fourth-order valence-corrected chi connectivity index (χ4v) is 7.35. The summed E-state index contributed by atoms with van der Waals surface area (Å²) in [5.74, 6) is 3.54. The first-order valence-corrected chi connectivity index (χ1v) is 12.1. The van der Waals surface area contributed by atoms with Crippen LogP contribution in [0.1, 0.15) is 113 Å². The molecule has 0 aliphatic heterocycles. The molecule has 27 heavy (non-hydrogen) atoms. The molecule has 1 aromatic carbocycles. The van der Waals surface area contributed by atoms with Crippen LogP contribution in [0.3, 0.4) is 0 Å². The maximum absolute atomic E-state index is 2.70. The zero-order valence-corrected chi connectivity index (χ0v) is 18.7. The minimum Gasteiger partial charge on any atom is -0.0628 e. The minimum atomic E-state index is 0.555. The molecule has 4 atom stereocenters. The molecule has 0 N–H and O–H groups in total. The lowest BCUT2D eigenvalue weighted by Gasteiger charge is -2.45. The van der Waals surface area contributed by atoms with E-state index in [1.807, 2.05) is 0 Å². The Balaban J connectivity index is 1.58. The summed E-state index contributed by atoms with van der Waals surface area (Å²) in [6.07, 6.45) is 15.5. The van der Waals surface area contributed by atoms with Gasteiger partial charge in [0.15, 0.2) is 0 Å². The summed E-state index contributed by atoms with van der Waals surface area (Å²) in [6.45, 7) is 12.4. The van der Waals surface area contributed by atoms with Crippen molar-refractivity contribution in [3.8, 4) is 0 Å². The molecule has 150 valence electrons. The third-order valence-corrected chi connectivity index (χ3v) is 8.92. The molecule has 0 aromatic heterocycles. The molecule has 0 heterocycles. The van der Waals surface area contributed by atoms with Crippen LogP contribution in [0, 0.1) is 30.1 Å². The van der Waals surface area contributed by atoms with Gasteiger partial charge in [0, 0.05) is 0 Å². The average molecular weight is 367 g/mol. The summed E-state index contributed by atoms with van der Waals surface area (Å²) < 4.78 is 0. The molecule has 0 unspecified atom stereocenters. The van der Waals surface area contributed by atoms with Crippen molar-refractivity contribution in [2.45, 2.75) is 111 Å². The molecule has 0 heteroatoms. The summed E-state index contributed by atoms with van der Waals surface area (Å²) in [6, 6.07) is 2.70. The van der Waals surface area contributed by atoms with Crippen LogP contribution >= 0.6 is 0 Å². The topological polar surface area (TPSA) is 0 Å². The van der Waals surface area contributed by atoms with Gasteiger partial charge < -0.3 is 0 Å². The van der Waals surface area contributed by atoms with Crippen molar-refractivity contribution in [3.05, 3.63) is 33.9 Å². The Bertz CT molecular complexity index is 682. The third-order valence-electron chi connectivity index (χ3n) is 8.92. The van der Waals surface area contributed by atoms with Gasteiger partial charge in [-0.1, -0.05) is 53.0 Å². The molecule has 3 aliphatic rings. The van der Waals surface area contributed by atoms with Crippen LogP contribution in [0.25, 0.3) is 0 Å². The lowest BCUT2D eigenvalue weighted by Crippen LogP contribution is -2.35. The van der Waals surface area contributed by atoms with E-state index < -0.39 is 0 Å². The van der Waals surface area contributed by atoms with E-state index in [2.05, 4.69) is 40.7 Å². The minimum absolute atomic E-state index is 0.555. The zero-order chi connectivity index (χ0) is 19.2. The quantitative estimate of drug-likeness (QED) is 0.499. The summed E-state index contributed by atoms with van der Waals surface area (Å²) in [7, 11) is 0. The number of hydrogen-bond donors (Lipinski definition) is 0. The number of hydrogen-bond acceptors (Lipinski definition) is 0. The normalized spacial score (nSPS) is 30.7. The molecular weight excluding hydrogens is 324 g/mol. The highest BCUT2D eigenvalue weighted by Crippen LogP contribution is 2.61. The third kappa shape index (κ3) is 3.40. The molecule has 1 aromatic rings. The highest BCUT2D eigenvalue weighted by molar-refractivity contribution is 5.50. The van der Waals surface area contributed by atoms with E-state index in [-0.39, 0.29) is 0 Å². The molecule has 0 saturated heterocycles. The van der Waals surface area contributed by atoms with Crippen molar-refractivity contribution >= 4 is 0 Å². The lowest BCUT2D eigenvalue weighted by atomic mass is 9.59. The van der Waals surface area contributed by atoms with Crippen LogP contribution in [0.15, 0.2) is 6.07 Å². The van der Waals surface area contributed by atoms with Gasteiger partial charge in [-0.25, -0.2) is 0 Å². The summed E-state index contributed by atoms with van der Waals surface area (Å²) in [4.78, 5) is 0. The Kier molecular flexibility index (Phi) is 5.47. The number of rotatable bonds is 5. The maximum atomic E-state index is 2.70. The maximum Gasteiger partial charge on any atom is -0.0102 e. The monoisotopic (exact) mass is 366 g/mol. The Morgan fingerprint density at radius 2 is 1.78 bits per heavy atom. The van der Waals surface area contributed by atoms with Crippen LogP contribution in [-0.2, 0) is 19.3 Å².